The van der Waals surface area contributed by atoms with E-state index < -0.39 is 11.0 Å². The fraction of sp³-hybridized carbons (Fsp3) is 0.583. The van der Waals surface area contributed by atoms with Gasteiger partial charge in [-0.05, 0) is 19.8 Å². The van der Waals surface area contributed by atoms with Crippen LogP contribution >= 0.6 is 0 Å². The molecular formula is C12H17N3O4. The summed E-state index contributed by atoms with van der Waals surface area (Å²) in [5.41, 5.74) is -0.118. The van der Waals surface area contributed by atoms with E-state index in [-0.39, 0.29) is 17.8 Å². The van der Waals surface area contributed by atoms with Gasteiger partial charge < -0.3 is 15.0 Å². The smallest absolute Gasteiger partial charge is 0.288 e. The molecule has 1 aromatic heterocycles. The third kappa shape index (κ3) is 3.62. The minimum atomic E-state index is -0.736. The second-order valence-corrected chi connectivity index (χ2v) is 4.93. The maximum Gasteiger partial charge on any atom is 0.288 e. The van der Waals surface area contributed by atoms with Gasteiger partial charge in [0.15, 0.2) is 0 Å². The topological polar surface area (TPSA) is 97.4 Å². The molecule has 1 aliphatic carbocycles. The van der Waals surface area contributed by atoms with E-state index in [2.05, 4.69) is 5.32 Å². The van der Waals surface area contributed by atoms with Crippen LogP contribution in [0.25, 0.3) is 0 Å². The number of hydrogen-bond acceptors (Lipinski definition) is 5. The van der Waals surface area contributed by atoms with E-state index in [4.69, 9.17) is 0 Å². The molecule has 0 spiro atoms. The molecule has 7 nitrogen and oxygen atoms in total. The standard InChI is InChI=1S/C12H17N3O4/c1-8-4-12(17)14(7-11(8)15(18)19)6-10(16)5-13-9-2-3-9/h4,7,9-10,13,16H,2-3,5-6H2,1H3. The number of aryl methyl sites for hydroxylation is 1. The zero-order chi connectivity index (χ0) is 14.0. The Balaban J connectivity index is 2.07. The Morgan fingerprint density at radius 3 is 2.89 bits per heavy atom. The molecule has 1 aliphatic rings. The first-order valence-electron chi connectivity index (χ1n) is 6.24. The average Bonchev–Trinajstić information content (AvgIpc) is 3.13. The lowest BCUT2D eigenvalue weighted by Gasteiger charge is -2.13. The Morgan fingerprint density at radius 2 is 2.32 bits per heavy atom. The second kappa shape index (κ2) is 5.50. The van der Waals surface area contributed by atoms with Crippen molar-refractivity contribution in [2.24, 2.45) is 0 Å². The molecule has 1 unspecified atom stereocenters. The Labute approximate surface area is 110 Å². The molecule has 0 aromatic carbocycles. The average molecular weight is 267 g/mol. The molecule has 0 bridgehead atoms. The van der Waals surface area contributed by atoms with Gasteiger partial charge in [-0.2, -0.15) is 0 Å². The highest BCUT2D eigenvalue weighted by Gasteiger charge is 2.22. The zero-order valence-corrected chi connectivity index (χ0v) is 10.7. The molecule has 19 heavy (non-hydrogen) atoms. The first-order valence-corrected chi connectivity index (χ1v) is 6.24. The first-order chi connectivity index (χ1) is 8.97. The van der Waals surface area contributed by atoms with Gasteiger partial charge >= 0.3 is 0 Å². The maximum absolute atomic E-state index is 11.7. The van der Waals surface area contributed by atoms with Crippen LogP contribution in [0.1, 0.15) is 18.4 Å². The molecule has 1 atom stereocenters. The number of nitrogens with zero attached hydrogens (tertiary/aromatic N) is 2. The van der Waals surface area contributed by atoms with E-state index in [1.165, 1.54) is 23.8 Å². The summed E-state index contributed by atoms with van der Waals surface area (Å²) in [6, 6.07) is 1.69. The summed E-state index contributed by atoms with van der Waals surface area (Å²) < 4.78 is 1.18. The Bertz CT molecular complexity index is 536. The SMILES string of the molecule is Cc1cc(=O)n(CC(O)CNC2CC2)cc1[N+](=O)[O-]. The van der Waals surface area contributed by atoms with E-state index in [1.54, 1.807) is 0 Å². The molecule has 1 aromatic rings. The van der Waals surface area contributed by atoms with Gasteiger partial charge in [-0.15, -0.1) is 0 Å². The lowest BCUT2D eigenvalue weighted by Crippen LogP contribution is -2.34. The van der Waals surface area contributed by atoms with Crippen molar-refractivity contribution in [1.82, 2.24) is 9.88 Å². The van der Waals surface area contributed by atoms with E-state index in [9.17, 15) is 20.0 Å². The Kier molecular flexibility index (Phi) is 3.96. The van der Waals surface area contributed by atoms with Crippen molar-refractivity contribution in [2.45, 2.75) is 38.5 Å². The van der Waals surface area contributed by atoms with Gasteiger partial charge in [-0.1, -0.05) is 0 Å². The van der Waals surface area contributed by atoms with Crippen LogP contribution in [0.5, 0.6) is 0 Å². The predicted octanol–water partition coefficient (Wildman–Crippen LogP) is 0.178. The molecule has 1 heterocycles. The number of hydrogen-bond donors (Lipinski definition) is 2. The summed E-state index contributed by atoms with van der Waals surface area (Å²) in [5, 5.41) is 23.8. The summed E-state index contributed by atoms with van der Waals surface area (Å²) >= 11 is 0. The van der Waals surface area contributed by atoms with Crippen molar-refractivity contribution < 1.29 is 10.0 Å². The number of pyridine rings is 1. The fourth-order valence-electron chi connectivity index (χ4n) is 1.87. The van der Waals surface area contributed by atoms with Crippen LogP contribution in [0.2, 0.25) is 0 Å². The summed E-state index contributed by atoms with van der Waals surface area (Å²) in [4.78, 5) is 22.0. The number of nitro groups is 1. The lowest BCUT2D eigenvalue weighted by atomic mass is 10.2. The molecule has 0 radical (unpaired) electrons. The third-order valence-electron chi connectivity index (χ3n) is 3.13. The van der Waals surface area contributed by atoms with Crippen molar-refractivity contribution in [3.8, 4) is 0 Å². The molecule has 0 saturated heterocycles. The van der Waals surface area contributed by atoms with Gasteiger partial charge in [-0.3, -0.25) is 14.9 Å². The van der Waals surface area contributed by atoms with Crippen LogP contribution < -0.4 is 10.9 Å². The van der Waals surface area contributed by atoms with Crippen molar-refractivity contribution >= 4 is 5.69 Å². The van der Waals surface area contributed by atoms with E-state index in [0.717, 1.165) is 12.8 Å². The summed E-state index contributed by atoms with van der Waals surface area (Å²) in [6.07, 6.45) is 2.68. The molecule has 1 saturated carbocycles. The molecule has 104 valence electrons. The van der Waals surface area contributed by atoms with Crippen molar-refractivity contribution in [3.05, 3.63) is 38.3 Å². The number of nitrogens with one attached hydrogen (secondary N) is 1. The van der Waals surface area contributed by atoms with E-state index in [0.29, 0.717) is 18.2 Å². The predicted molar refractivity (Wildman–Crippen MR) is 69.1 cm³/mol. The third-order valence-corrected chi connectivity index (χ3v) is 3.13. The second-order valence-electron chi connectivity index (χ2n) is 4.93. The van der Waals surface area contributed by atoms with Gasteiger partial charge in [-0.25, -0.2) is 0 Å². The molecule has 2 rings (SSSR count). The number of aliphatic hydroxyl groups excluding tert-OH is 1. The van der Waals surface area contributed by atoms with Gasteiger partial charge in [0.2, 0.25) is 0 Å². The normalized spacial score (nSPS) is 16.3. The lowest BCUT2D eigenvalue weighted by molar-refractivity contribution is -0.386. The number of rotatable bonds is 6. The van der Waals surface area contributed by atoms with Crippen LogP contribution in [-0.4, -0.2) is 33.3 Å². The largest absolute Gasteiger partial charge is 0.390 e. The van der Waals surface area contributed by atoms with Crippen molar-refractivity contribution in [1.29, 1.82) is 0 Å². The summed E-state index contributed by atoms with van der Waals surface area (Å²) in [5.74, 6) is 0. The van der Waals surface area contributed by atoms with Gasteiger partial charge in [0.25, 0.3) is 11.2 Å². The minimum absolute atomic E-state index is 0.0552. The van der Waals surface area contributed by atoms with E-state index in [1.807, 2.05) is 0 Å². The van der Waals surface area contributed by atoms with Gasteiger partial charge in [0, 0.05) is 24.2 Å². The zero-order valence-electron chi connectivity index (χ0n) is 10.7. The van der Waals surface area contributed by atoms with Crippen LogP contribution in [0.4, 0.5) is 5.69 Å². The van der Waals surface area contributed by atoms with Crippen LogP contribution in [0.15, 0.2) is 17.1 Å². The molecule has 0 amide bonds. The number of aliphatic hydroxyl groups is 1. The summed E-state index contributed by atoms with van der Waals surface area (Å²) in [6.45, 7) is 1.97. The maximum atomic E-state index is 11.7. The van der Waals surface area contributed by atoms with E-state index >= 15 is 0 Å². The first kappa shape index (κ1) is 13.7. The highest BCUT2D eigenvalue weighted by Crippen LogP contribution is 2.18. The summed E-state index contributed by atoms with van der Waals surface area (Å²) in [7, 11) is 0. The van der Waals surface area contributed by atoms with Crippen LogP contribution in [-0.2, 0) is 6.54 Å². The quantitative estimate of drug-likeness (QED) is 0.566. The molecule has 1 fully saturated rings. The highest BCUT2D eigenvalue weighted by atomic mass is 16.6. The minimum Gasteiger partial charge on any atom is -0.390 e. The molecule has 2 N–H and O–H groups in total. The number of aromatic nitrogens is 1. The van der Waals surface area contributed by atoms with Crippen molar-refractivity contribution in [2.75, 3.05) is 6.54 Å². The highest BCUT2D eigenvalue weighted by molar-refractivity contribution is 5.35. The monoisotopic (exact) mass is 267 g/mol. The molecular weight excluding hydrogens is 250 g/mol. The van der Waals surface area contributed by atoms with Crippen molar-refractivity contribution in [3.63, 3.8) is 0 Å². The van der Waals surface area contributed by atoms with Crippen LogP contribution in [0, 0.1) is 17.0 Å². The molecule has 7 heteroatoms. The van der Waals surface area contributed by atoms with Crippen LogP contribution in [0.3, 0.4) is 0 Å². The van der Waals surface area contributed by atoms with Gasteiger partial charge in [0.05, 0.1) is 23.8 Å². The Hall–Kier alpha value is -1.73. The molecule has 0 aliphatic heterocycles. The fourth-order valence-corrected chi connectivity index (χ4v) is 1.87. The van der Waals surface area contributed by atoms with Gasteiger partial charge in [0.1, 0.15) is 0 Å². The Morgan fingerprint density at radius 1 is 1.63 bits per heavy atom.